The molecule has 0 amide bonds. The van der Waals surface area contributed by atoms with Gasteiger partial charge in [-0.1, -0.05) is 23.5 Å². The fourth-order valence-electron chi connectivity index (χ4n) is 3.28. The Hall–Kier alpha value is -2.18. The third kappa shape index (κ3) is 3.75. The minimum atomic E-state index is 0.240. The van der Waals surface area contributed by atoms with Crippen molar-refractivity contribution in [2.75, 3.05) is 19.6 Å². The van der Waals surface area contributed by atoms with Gasteiger partial charge in [0.25, 0.3) is 0 Å². The standard InChI is InChI=1S/C19H20N4OS/c1-13-21-22-19(25-13)14-4-5-15-11-20-17(9-16(15)8-14)10-18(24)12-23-6-2-3-7-23/h4-5,8-9,11H,2-3,6-7,10,12H2,1H3. The molecule has 128 valence electrons. The third-order valence-electron chi connectivity index (χ3n) is 4.53. The molecule has 1 fully saturated rings. The molecule has 5 nitrogen and oxygen atoms in total. The first-order chi connectivity index (χ1) is 12.2. The van der Waals surface area contributed by atoms with Crippen molar-refractivity contribution in [1.29, 1.82) is 0 Å². The minimum absolute atomic E-state index is 0.240. The zero-order valence-corrected chi connectivity index (χ0v) is 15.1. The number of hydrogen-bond donors (Lipinski definition) is 0. The molecule has 1 saturated heterocycles. The Labute approximate surface area is 150 Å². The summed E-state index contributed by atoms with van der Waals surface area (Å²) in [5, 5.41) is 12.3. The van der Waals surface area contributed by atoms with Gasteiger partial charge in [-0.2, -0.15) is 0 Å². The second kappa shape index (κ2) is 6.98. The van der Waals surface area contributed by atoms with Crippen LogP contribution in [0.4, 0.5) is 0 Å². The van der Waals surface area contributed by atoms with E-state index in [1.54, 1.807) is 11.3 Å². The van der Waals surface area contributed by atoms with Crippen LogP contribution in [0.1, 0.15) is 23.5 Å². The smallest absolute Gasteiger partial charge is 0.152 e. The summed E-state index contributed by atoms with van der Waals surface area (Å²) in [4.78, 5) is 19.0. The van der Waals surface area contributed by atoms with Gasteiger partial charge in [-0.3, -0.25) is 14.7 Å². The van der Waals surface area contributed by atoms with Crippen LogP contribution >= 0.6 is 11.3 Å². The first-order valence-corrected chi connectivity index (χ1v) is 9.42. The van der Waals surface area contributed by atoms with Crippen molar-refractivity contribution in [2.24, 2.45) is 0 Å². The van der Waals surface area contributed by atoms with Crippen LogP contribution in [-0.4, -0.2) is 45.5 Å². The molecule has 0 atom stereocenters. The maximum atomic E-state index is 12.3. The summed E-state index contributed by atoms with van der Waals surface area (Å²) in [7, 11) is 0. The summed E-state index contributed by atoms with van der Waals surface area (Å²) in [6, 6.07) is 8.21. The van der Waals surface area contributed by atoms with Crippen molar-refractivity contribution in [3.63, 3.8) is 0 Å². The van der Waals surface area contributed by atoms with E-state index in [1.807, 2.05) is 31.3 Å². The molecule has 3 aromatic rings. The first-order valence-electron chi connectivity index (χ1n) is 8.60. The number of carbonyl (C=O) groups is 1. The second-order valence-electron chi connectivity index (χ2n) is 6.56. The van der Waals surface area contributed by atoms with Crippen molar-refractivity contribution in [3.8, 4) is 10.6 Å². The van der Waals surface area contributed by atoms with Gasteiger partial charge in [-0.05, 0) is 50.4 Å². The molecule has 3 heterocycles. The highest BCUT2D eigenvalue weighted by Gasteiger charge is 2.16. The Morgan fingerprint density at radius 2 is 2.00 bits per heavy atom. The normalized spacial score (nSPS) is 15.1. The van der Waals surface area contributed by atoms with Crippen molar-refractivity contribution >= 4 is 27.9 Å². The molecular formula is C19H20N4OS. The van der Waals surface area contributed by atoms with Crippen LogP contribution in [0.2, 0.25) is 0 Å². The number of pyridine rings is 1. The number of aryl methyl sites for hydroxylation is 1. The minimum Gasteiger partial charge on any atom is -0.298 e. The Morgan fingerprint density at radius 3 is 2.76 bits per heavy atom. The van der Waals surface area contributed by atoms with Gasteiger partial charge in [-0.15, -0.1) is 10.2 Å². The molecule has 0 N–H and O–H groups in total. The van der Waals surface area contributed by atoms with E-state index in [1.165, 1.54) is 12.8 Å². The molecule has 1 aliphatic rings. The number of rotatable bonds is 5. The molecule has 0 radical (unpaired) electrons. The molecule has 4 rings (SSSR count). The number of likely N-dealkylation sites (tertiary alicyclic amines) is 1. The average molecular weight is 352 g/mol. The number of fused-ring (bicyclic) bond motifs is 1. The molecular weight excluding hydrogens is 332 g/mol. The highest BCUT2D eigenvalue weighted by atomic mass is 32.1. The molecule has 25 heavy (non-hydrogen) atoms. The molecule has 1 aliphatic heterocycles. The second-order valence-corrected chi connectivity index (χ2v) is 7.74. The number of carbonyl (C=O) groups excluding carboxylic acids is 1. The van der Waals surface area contributed by atoms with Crippen LogP contribution in [-0.2, 0) is 11.2 Å². The van der Waals surface area contributed by atoms with Gasteiger partial charge in [0.2, 0.25) is 0 Å². The fourth-order valence-corrected chi connectivity index (χ4v) is 3.97. The summed E-state index contributed by atoms with van der Waals surface area (Å²) in [5.41, 5.74) is 1.89. The summed E-state index contributed by atoms with van der Waals surface area (Å²) < 4.78 is 0. The Kier molecular flexibility index (Phi) is 4.55. The summed E-state index contributed by atoms with van der Waals surface area (Å²) in [5.74, 6) is 0.240. The highest BCUT2D eigenvalue weighted by molar-refractivity contribution is 7.14. The van der Waals surface area contributed by atoms with Crippen molar-refractivity contribution in [1.82, 2.24) is 20.1 Å². The lowest BCUT2D eigenvalue weighted by atomic mass is 10.1. The number of ketones is 1. The number of Topliss-reactive ketones (excluding diaryl/α,β-unsaturated/α-hetero) is 1. The quantitative estimate of drug-likeness (QED) is 0.705. The van der Waals surface area contributed by atoms with Crippen LogP contribution < -0.4 is 0 Å². The highest BCUT2D eigenvalue weighted by Crippen LogP contribution is 2.27. The van der Waals surface area contributed by atoms with Crippen molar-refractivity contribution in [3.05, 3.63) is 41.2 Å². The molecule has 1 aromatic carbocycles. The van der Waals surface area contributed by atoms with E-state index in [0.717, 1.165) is 45.1 Å². The van der Waals surface area contributed by atoms with Gasteiger partial charge in [0.15, 0.2) is 5.78 Å². The summed E-state index contributed by atoms with van der Waals surface area (Å²) >= 11 is 1.58. The first kappa shape index (κ1) is 16.3. The summed E-state index contributed by atoms with van der Waals surface area (Å²) in [6.07, 6.45) is 4.66. The van der Waals surface area contributed by atoms with E-state index in [2.05, 4.69) is 26.1 Å². The number of benzene rings is 1. The zero-order valence-electron chi connectivity index (χ0n) is 14.2. The van der Waals surface area contributed by atoms with Crippen LogP contribution in [0.15, 0.2) is 30.5 Å². The van der Waals surface area contributed by atoms with Gasteiger partial charge in [-0.25, -0.2) is 0 Å². The molecule has 6 heteroatoms. The van der Waals surface area contributed by atoms with Gasteiger partial charge < -0.3 is 0 Å². The van der Waals surface area contributed by atoms with Crippen LogP contribution in [0.25, 0.3) is 21.3 Å². The monoisotopic (exact) mass is 352 g/mol. The largest absolute Gasteiger partial charge is 0.298 e. The maximum absolute atomic E-state index is 12.3. The molecule has 0 aliphatic carbocycles. The van der Waals surface area contributed by atoms with E-state index in [-0.39, 0.29) is 5.78 Å². The Morgan fingerprint density at radius 1 is 1.16 bits per heavy atom. The van der Waals surface area contributed by atoms with Crippen LogP contribution in [0.5, 0.6) is 0 Å². The number of aromatic nitrogens is 3. The van der Waals surface area contributed by atoms with Gasteiger partial charge in [0.05, 0.1) is 13.0 Å². The Bertz CT molecular complexity index is 915. The van der Waals surface area contributed by atoms with E-state index in [0.29, 0.717) is 13.0 Å². The van der Waals surface area contributed by atoms with E-state index < -0.39 is 0 Å². The lowest BCUT2D eigenvalue weighted by Gasteiger charge is -2.13. The average Bonchev–Trinajstić information content (AvgIpc) is 3.26. The van der Waals surface area contributed by atoms with E-state index in [4.69, 9.17) is 0 Å². The van der Waals surface area contributed by atoms with Crippen molar-refractivity contribution < 1.29 is 4.79 Å². The number of hydrogen-bond acceptors (Lipinski definition) is 6. The molecule has 0 unspecified atom stereocenters. The van der Waals surface area contributed by atoms with Gasteiger partial charge in [0.1, 0.15) is 10.0 Å². The zero-order chi connectivity index (χ0) is 17.2. The lowest BCUT2D eigenvalue weighted by molar-refractivity contribution is -0.119. The van der Waals surface area contributed by atoms with Crippen LogP contribution in [0, 0.1) is 6.92 Å². The van der Waals surface area contributed by atoms with Gasteiger partial charge in [0, 0.05) is 22.8 Å². The van der Waals surface area contributed by atoms with Crippen LogP contribution in [0.3, 0.4) is 0 Å². The molecule has 0 saturated carbocycles. The fraction of sp³-hybridized carbons (Fsp3) is 0.368. The Balaban J connectivity index is 1.54. The predicted molar refractivity (Wildman–Crippen MR) is 99.8 cm³/mol. The topological polar surface area (TPSA) is 59.0 Å². The molecule has 0 bridgehead atoms. The van der Waals surface area contributed by atoms with E-state index >= 15 is 0 Å². The van der Waals surface area contributed by atoms with E-state index in [9.17, 15) is 4.79 Å². The SMILES string of the molecule is Cc1nnc(-c2ccc3cnc(CC(=O)CN4CCCC4)cc3c2)s1. The maximum Gasteiger partial charge on any atom is 0.152 e. The number of nitrogens with zero attached hydrogens (tertiary/aromatic N) is 4. The third-order valence-corrected chi connectivity index (χ3v) is 5.42. The summed E-state index contributed by atoms with van der Waals surface area (Å²) in [6.45, 7) is 4.59. The lowest BCUT2D eigenvalue weighted by Crippen LogP contribution is -2.27. The van der Waals surface area contributed by atoms with Gasteiger partial charge >= 0.3 is 0 Å². The molecule has 0 spiro atoms. The molecule has 2 aromatic heterocycles. The predicted octanol–water partition coefficient (Wildman–Crippen LogP) is 3.27. The van der Waals surface area contributed by atoms with Crippen molar-refractivity contribution in [2.45, 2.75) is 26.2 Å².